The van der Waals surface area contributed by atoms with Crippen molar-refractivity contribution < 1.29 is 75.8 Å². The third-order valence-electron chi connectivity index (χ3n) is 19.3. The Labute approximate surface area is 598 Å². The lowest BCUT2D eigenvalue weighted by atomic mass is 9.80. The highest BCUT2D eigenvalue weighted by molar-refractivity contribution is 5.22. The predicted octanol–water partition coefficient (Wildman–Crippen LogP) is 14.8. The third-order valence-corrected chi connectivity index (χ3v) is 19.3. The summed E-state index contributed by atoms with van der Waals surface area (Å²) in [6, 6.07) is 90.7. The molecule has 1 saturated carbocycles. The number of hydrogen-bond acceptors (Lipinski definition) is 16. The standard InChI is InChI=1S/C86H92O16/c1-2-3-49-86-100-79-76(93-56-67-43-25-10-26-44-67)80(101-86)78(99-85-83(95-58-69-47-29-12-30-48-69)75(92-55-66-41-23-9-24-42-66)73(90-53-64-37-19-7-20-38-64)71(97-85)60-88-51-62-33-15-5-16-34-62)81(102-86)77(79)98-84-82(94-57-68-45-27-11-28-46-68)74(91-54-65-39-21-8-22-40-65)72(89-52-63-35-17-6-18-36-63)70(96-84)59-87-50-61-31-13-4-14-32-61/h4-48,70-85H,2-3,49-60H2,1H3/t70-,71-,72-,73-,74+,75+,76?,77?,78?,79?,80?,81?,82+,83+,84?,85?,86?/m1/s1. The number of unbranched alkanes of at least 4 members (excludes halogenated alkanes) is 1. The molecular weight excluding hydrogens is 1290 g/mol. The van der Waals surface area contributed by atoms with Crippen LogP contribution in [0.15, 0.2) is 273 Å². The molecule has 16 heteroatoms. The van der Waals surface area contributed by atoms with Crippen molar-refractivity contribution in [1.29, 1.82) is 0 Å². The van der Waals surface area contributed by atoms with Gasteiger partial charge >= 0.3 is 0 Å². The van der Waals surface area contributed by atoms with Crippen molar-refractivity contribution in [1.82, 2.24) is 0 Å². The largest absolute Gasteiger partial charge is 0.374 e. The van der Waals surface area contributed by atoms with Crippen molar-refractivity contribution in [3.05, 3.63) is 323 Å². The molecule has 0 radical (unpaired) electrons. The van der Waals surface area contributed by atoms with Crippen molar-refractivity contribution >= 4 is 0 Å². The second-order valence-electron chi connectivity index (χ2n) is 26.7. The average Bonchev–Trinajstić information content (AvgIpc) is 0.702. The summed E-state index contributed by atoms with van der Waals surface area (Å²) < 4.78 is 117. The molecule has 532 valence electrons. The van der Waals surface area contributed by atoms with E-state index in [1.54, 1.807) is 0 Å². The van der Waals surface area contributed by atoms with E-state index in [0.717, 1.165) is 62.9 Å². The van der Waals surface area contributed by atoms with E-state index in [9.17, 15) is 0 Å². The van der Waals surface area contributed by atoms with Gasteiger partial charge in [0.15, 0.2) is 12.6 Å². The Morgan fingerprint density at radius 3 is 0.775 bits per heavy atom. The maximum absolute atomic E-state index is 7.82. The summed E-state index contributed by atoms with van der Waals surface area (Å²) in [6.07, 6.45) is -12.4. The van der Waals surface area contributed by atoms with Crippen molar-refractivity contribution in [2.75, 3.05) is 13.2 Å². The Hall–Kier alpha value is -7.66. The molecule has 4 bridgehead atoms. The van der Waals surface area contributed by atoms with Gasteiger partial charge in [-0.15, -0.1) is 0 Å². The highest BCUT2D eigenvalue weighted by atomic mass is 16.9. The molecule has 0 N–H and O–H groups in total. The van der Waals surface area contributed by atoms with Crippen LogP contribution in [-0.4, -0.2) is 117 Å². The van der Waals surface area contributed by atoms with E-state index in [4.69, 9.17) is 75.8 Å². The lowest BCUT2D eigenvalue weighted by molar-refractivity contribution is -0.554. The van der Waals surface area contributed by atoms with Crippen molar-refractivity contribution in [2.24, 2.45) is 0 Å². The number of benzene rings is 9. The molecule has 6 unspecified atom stereocenters. The van der Waals surface area contributed by atoms with Crippen LogP contribution in [0.4, 0.5) is 0 Å². The second kappa shape index (κ2) is 36.2. The molecule has 6 aliphatic rings. The van der Waals surface area contributed by atoms with E-state index in [2.05, 4.69) is 6.92 Å². The van der Waals surface area contributed by atoms with Crippen LogP contribution in [0.2, 0.25) is 0 Å². The molecule has 16 nitrogen and oxygen atoms in total. The Morgan fingerprint density at radius 1 is 0.265 bits per heavy atom. The van der Waals surface area contributed by atoms with Crippen molar-refractivity contribution in [3.63, 3.8) is 0 Å². The first-order valence-electron chi connectivity index (χ1n) is 36.0. The molecular formula is C86H92O16. The lowest BCUT2D eigenvalue weighted by Crippen LogP contribution is -2.81. The van der Waals surface area contributed by atoms with E-state index in [1.807, 2.05) is 273 Å². The molecule has 0 spiro atoms. The monoisotopic (exact) mass is 1380 g/mol. The van der Waals surface area contributed by atoms with Crippen LogP contribution in [0.5, 0.6) is 0 Å². The second-order valence-corrected chi connectivity index (χ2v) is 26.7. The summed E-state index contributed by atoms with van der Waals surface area (Å²) in [5.41, 5.74) is 8.70. The highest BCUT2D eigenvalue weighted by Gasteiger charge is 2.70. The first-order valence-corrected chi connectivity index (χ1v) is 36.0. The van der Waals surface area contributed by atoms with Crippen LogP contribution in [0.1, 0.15) is 76.3 Å². The fourth-order valence-corrected chi connectivity index (χ4v) is 14.1. The zero-order chi connectivity index (χ0) is 69.0. The van der Waals surface area contributed by atoms with E-state index >= 15 is 0 Å². The quantitative estimate of drug-likeness (QED) is 0.0366. The molecule has 9 aromatic carbocycles. The van der Waals surface area contributed by atoms with Crippen molar-refractivity contribution in [2.45, 2.75) is 190 Å². The molecule has 1 aliphatic carbocycles. The van der Waals surface area contributed by atoms with E-state index < -0.39 is 104 Å². The highest BCUT2D eigenvalue weighted by Crippen LogP contribution is 2.52. The third kappa shape index (κ3) is 18.6. The van der Waals surface area contributed by atoms with E-state index in [-0.39, 0.29) is 59.5 Å². The lowest BCUT2D eigenvalue weighted by Gasteiger charge is -2.64. The minimum Gasteiger partial charge on any atom is -0.374 e. The Bertz CT molecular complexity index is 3620. The van der Waals surface area contributed by atoms with Gasteiger partial charge in [-0.25, -0.2) is 0 Å². The van der Waals surface area contributed by atoms with Crippen LogP contribution >= 0.6 is 0 Å². The first kappa shape index (κ1) is 71.3. The van der Waals surface area contributed by atoms with Crippen LogP contribution < -0.4 is 0 Å². The zero-order valence-electron chi connectivity index (χ0n) is 57.6. The van der Waals surface area contributed by atoms with Gasteiger partial charge in [0.05, 0.1) is 72.7 Å². The Morgan fingerprint density at radius 2 is 0.500 bits per heavy atom. The smallest absolute Gasteiger partial charge is 0.284 e. The summed E-state index contributed by atoms with van der Waals surface area (Å²) in [5, 5.41) is 0. The predicted molar refractivity (Wildman–Crippen MR) is 381 cm³/mol. The number of ether oxygens (including phenoxy) is 16. The van der Waals surface area contributed by atoms with Gasteiger partial charge in [-0.3, -0.25) is 0 Å². The van der Waals surface area contributed by atoms with Crippen LogP contribution in [0.3, 0.4) is 0 Å². The summed E-state index contributed by atoms with van der Waals surface area (Å²) in [6.45, 7) is 4.47. The number of rotatable bonds is 36. The van der Waals surface area contributed by atoms with Crippen molar-refractivity contribution in [3.8, 4) is 0 Å². The molecule has 14 atom stereocenters. The fourth-order valence-electron chi connectivity index (χ4n) is 14.1. The van der Waals surface area contributed by atoms with Crippen LogP contribution in [0.25, 0.3) is 0 Å². The van der Waals surface area contributed by atoms with E-state index in [1.165, 1.54) is 0 Å². The minimum absolute atomic E-state index is 0.100. The Kier molecular flexibility index (Phi) is 25.3. The first-order chi connectivity index (χ1) is 50.5. The molecule has 5 saturated heterocycles. The molecule has 5 aliphatic heterocycles. The number of hydrogen-bond donors (Lipinski definition) is 0. The molecule has 9 aromatic rings. The summed E-state index contributed by atoms with van der Waals surface area (Å²) in [5.74, 6) is -1.51. The summed E-state index contributed by atoms with van der Waals surface area (Å²) in [4.78, 5) is 0. The Balaban J connectivity index is 0.868. The normalized spacial score (nSPS) is 28.1. The van der Waals surface area contributed by atoms with Gasteiger partial charge in [0, 0.05) is 6.42 Å². The van der Waals surface area contributed by atoms with Gasteiger partial charge < -0.3 is 75.8 Å². The van der Waals surface area contributed by atoms with Gasteiger partial charge in [-0.05, 0) is 56.5 Å². The molecule has 5 heterocycles. The van der Waals surface area contributed by atoms with Gasteiger partial charge in [0.1, 0.15) is 85.5 Å². The van der Waals surface area contributed by atoms with E-state index in [0.29, 0.717) is 19.6 Å². The molecule has 15 rings (SSSR count). The zero-order valence-corrected chi connectivity index (χ0v) is 57.6. The topological polar surface area (TPSA) is 148 Å². The molecule has 0 amide bonds. The fraction of sp³-hybridized carbons (Fsp3) is 0.372. The van der Waals surface area contributed by atoms with Gasteiger partial charge in [-0.1, -0.05) is 286 Å². The van der Waals surface area contributed by atoms with Crippen LogP contribution in [0, 0.1) is 0 Å². The maximum atomic E-state index is 7.82. The average molecular weight is 1380 g/mol. The summed E-state index contributed by atoms with van der Waals surface area (Å²) >= 11 is 0. The molecule has 6 fully saturated rings. The molecule has 102 heavy (non-hydrogen) atoms. The van der Waals surface area contributed by atoms with Gasteiger partial charge in [0.2, 0.25) is 0 Å². The van der Waals surface area contributed by atoms with Crippen LogP contribution in [-0.2, 0) is 135 Å². The minimum atomic E-state index is -1.51. The summed E-state index contributed by atoms with van der Waals surface area (Å²) in [7, 11) is 0. The maximum Gasteiger partial charge on any atom is 0.284 e. The SMILES string of the molecule is CCCCC12OC3C(OCc4ccccc4)C(O1)C(OC1O[C@H](COCc4ccccc4)[C@@H](OCc4ccccc4)[C@H](OCc4ccccc4)[C@@H]1OCc1ccccc1)C(O2)C3OC1O[C@H](COCc2ccccc2)[C@@H](OCc2ccccc2)[C@H](OCc2ccccc2)[C@@H]1OCc1ccccc1. The van der Waals surface area contributed by atoms with Gasteiger partial charge in [-0.2, -0.15) is 0 Å². The van der Waals surface area contributed by atoms with Gasteiger partial charge in [0.25, 0.3) is 5.97 Å². The molecule has 0 aromatic heterocycles.